The molecule has 0 spiro atoms. The van der Waals surface area contributed by atoms with E-state index in [4.69, 9.17) is 34.3 Å². The fourth-order valence-electron chi connectivity index (χ4n) is 12.6. The van der Waals surface area contributed by atoms with Gasteiger partial charge >= 0.3 is 36.2 Å². The van der Waals surface area contributed by atoms with Gasteiger partial charge < -0.3 is 105 Å². The first-order chi connectivity index (χ1) is 61.1. The topological polar surface area (TPSA) is 525 Å². The van der Waals surface area contributed by atoms with E-state index in [1.807, 2.05) is 145 Å². The molecule has 6 aliphatic rings. The normalized spacial score (nSPS) is 15.8. The number of nitrogens with one attached hydrogen (secondary N) is 9. The van der Waals surface area contributed by atoms with Crippen LogP contribution in [0.1, 0.15) is 83.3 Å². The van der Waals surface area contributed by atoms with Gasteiger partial charge in [-0.25, -0.2) is 58.7 Å². The molecule has 6 fully saturated rings. The highest BCUT2D eigenvalue weighted by Gasteiger charge is 2.35. The predicted octanol–water partition coefficient (Wildman–Crippen LogP) is 9.06. The highest BCUT2D eigenvalue weighted by Crippen LogP contribution is 2.38. The Kier molecular flexibility index (Phi) is 31.1. The standard InChI is InChI=1S/2C28H34N8O6S.C26H30N8O6S/c2*1-16-14-23(34-33-16)30-22-15-24(35-10-12-36(13-11-35)28(40)41-17(2)26(39)42-18(3)37)32-27(31-22)43-21-8-6-20(7-9-21)29-25(38)19-4-5-19;1-16-12-21(32-31-16)28-20-13-22(33-8-10-34(11-9-33)26(38)39-14-23(36)40-15-35)30-25(29-20)41-19-6-4-18(5-7-19)27-24(37)17-2-3-17/h2*6-9,14-15,17-19,37H,4-5,10-13H2,1-3H3,(H,29,38)(H2,30,31,32,33,34);4-7,12-13,17,35H,2-3,8-11,14-15H2,1H3,(H,27,37)(H2,28,29,30,31,32). The van der Waals surface area contributed by atoms with E-state index in [0.717, 1.165) is 87.4 Å². The fraction of sp³-hybridized carbons (Fsp3) is 0.415. The smallest absolute Gasteiger partial charge is 0.410 e. The van der Waals surface area contributed by atoms with E-state index < -0.39 is 74.4 Å². The van der Waals surface area contributed by atoms with Crippen LogP contribution in [-0.2, 0) is 57.2 Å². The van der Waals surface area contributed by atoms with Crippen molar-refractivity contribution in [3.63, 3.8) is 0 Å². The second-order valence-electron chi connectivity index (χ2n) is 30.3. The van der Waals surface area contributed by atoms with Crippen molar-refractivity contribution in [3.05, 3.63) is 126 Å². The maximum absolute atomic E-state index is 12.6. The van der Waals surface area contributed by atoms with Gasteiger partial charge in [0, 0.05) is 182 Å². The summed E-state index contributed by atoms with van der Waals surface area (Å²) in [5.74, 6) is 3.62. The lowest BCUT2D eigenvalue weighted by Gasteiger charge is -2.35. The summed E-state index contributed by atoms with van der Waals surface area (Å²) < 4.78 is 29.1. The number of ether oxygens (including phenoxy) is 6. The van der Waals surface area contributed by atoms with Crippen LogP contribution in [0.5, 0.6) is 0 Å². The molecule has 15 rings (SSSR count). The molecule has 9 heterocycles. The average Bonchev–Trinajstić information content (AvgIpc) is 1.13. The van der Waals surface area contributed by atoms with Crippen LogP contribution < -0.4 is 46.6 Å². The Bertz CT molecular complexity index is 5110. The number of hydrogen-bond acceptors (Lipinski definition) is 36. The third kappa shape index (κ3) is 27.9. The van der Waals surface area contributed by atoms with Crippen LogP contribution in [0.4, 0.5) is 83.8 Å². The average molecular weight is 1800 g/mol. The number of nitrogens with zero attached hydrogens (tertiary/aromatic N) is 15. The predicted molar refractivity (Wildman–Crippen MR) is 465 cm³/mol. The molecule has 9 aromatic rings. The van der Waals surface area contributed by atoms with Crippen LogP contribution >= 0.6 is 35.3 Å². The number of esters is 3. The number of H-pyrrole nitrogens is 3. The van der Waals surface area contributed by atoms with E-state index in [0.29, 0.717) is 146 Å². The number of aliphatic hydroxyl groups is 3. The van der Waals surface area contributed by atoms with Crippen molar-refractivity contribution < 1.29 is 86.9 Å². The van der Waals surface area contributed by atoms with Crippen molar-refractivity contribution in [1.29, 1.82) is 0 Å². The van der Waals surface area contributed by atoms with Crippen molar-refractivity contribution in [2.45, 2.75) is 142 Å². The minimum atomic E-state index is -1.29. The molecule has 42 nitrogen and oxygen atoms in total. The molecule has 3 aromatic carbocycles. The summed E-state index contributed by atoms with van der Waals surface area (Å²) in [6.45, 7) is 14.7. The van der Waals surface area contributed by atoms with Gasteiger partial charge in [-0.3, -0.25) is 29.7 Å². The number of piperazine rings is 3. The summed E-state index contributed by atoms with van der Waals surface area (Å²) in [5.41, 5.74) is 4.95. The lowest BCUT2D eigenvalue weighted by molar-refractivity contribution is -0.175. The highest BCUT2D eigenvalue weighted by molar-refractivity contribution is 7.99. The number of carbonyl (C=O) groups excluding carboxylic acids is 9. The van der Waals surface area contributed by atoms with E-state index in [2.05, 4.69) is 91.7 Å². The molecule has 0 radical (unpaired) electrons. The Balaban J connectivity index is 0.000000163. The highest BCUT2D eigenvalue weighted by atomic mass is 32.2. The van der Waals surface area contributed by atoms with Gasteiger partial charge in [-0.2, -0.15) is 15.3 Å². The summed E-state index contributed by atoms with van der Waals surface area (Å²) in [7, 11) is 0. The van der Waals surface area contributed by atoms with Gasteiger partial charge in [-0.1, -0.05) is 0 Å². The zero-order valence-corrected chi connectivity index (χ0v) is 72.9. The van der Waals surface area contributed by atoms with Gasteiger partial charge in [0.25, 0.3) is 0 Å². The number of aromatic amines is 3. The molecule has 45 heteroatoms. The van der Waals surface area contributed by atoms with Gasteiger partial charge in [0.1, 0.15) is 34.9 Å². The van der Waals surface area contributed by atoms with Crippen LogP contribution in [0.2, 0.25) is 0 Å². The van der Waals surface area contributed by atoms with Gasteiger partial charge in [0.2, 0.25) is 17.7 Å². The van der Waals surface area contributed by atoms with E-state index in [-0.39, 0.29) is 35.5 Å². The van der Waals surface area contributed by atoms with Gasteiger partial charge in [-0.15, -0.1) is 0 Å². The molecule has 12 N–H and O–H groups in total. The fourth-order valence-corrected chi connectivity index (χ4v) is 14.9. The Morgan fingerprint density at radius 1 is 0.394 bits per heavy atom. The Morgan fingerprint density at radius 3 is 0.945 bits per heavy atom. The summed E-state index contributed by atoms with van der Waals surface area (Å²) in [5, 5.41) is 68.5. The first-order valence-corrected chi connectivity index (χ1v) is 43.5. The van der Waals surface area contributed by atoms with Gasteiger partial charge in [-0.05, 0) is 195 Å². The van der Waals surface area contributed by atoms with Crippen LogP contribution in [0.3, 0.4) is 0 Å². The van der Waals surface area contributed by atoms with E-state index in [1.165, 1.54) is 77.7 Å². The molecule has 6 aromatic heterocycles. The maximum atomic E-state index is 12.6. The first-order valence-electron chi connectivity index (χ1n) is 41.0. The summed E-state index contributed by atoms with van der Waals surface area (Å²) in [4.78, 5) is 151. The lowest BCUT2D eigenvalue weighted by Crippen LogP contribution is -2.50. The molecular formula is C82H98N24O18S3. The molecule has 3 aliphatic carbocycles. The van der Waals surface area contributed by atoms with E-state index in [1.54, 1.807) is 0 Å². The number of aromatic nitrogens is 12. The molecule has 0 bridgehead atoms. The Hall–Kier alpha value is -13.1. The largest absolute Gasteiger partial charge is 0.437 e. The second-order valence-corrected chi connectivity index (χ2v) is 33.4. The number of aryl methyl sites for hydroxylation is 3. The molecule has 4 atom stereocenters. The molecule has 127 heavy (non-hydrogen) atoms. The number of rotatable bonds is 30. The molecule has 3 saturated heterocycles. The zero-order valence-electron chi connectivity index (χ0n) is 70.5. The van der Waals surface area contributed by atoms with Crippen LogP contribution in [0, 0.1) is 38.5 Å². The monoisotopic (exact) mass is 1800 g/mol. The number of benzene rings is 3. The minimum Gasteiger partial charge on any atom is -0.437 e. The number of amides is 6. The zero-order chi connectivity index (χ0) is 89.8. The van der Waals surface area contributed by atoms with E-state index in [9.17, 15) is 53.4 Å². The second kappa shape index (κ2) is 43.2. The lowest BCUT2D eigenvalue weighted by atomic mass is 10.3. The molecule has 6 amide bonds. The molecule has 672 valence electrons. The summed E-state index contributed by atoms with van der Waals surface area (Å²) in [6.07, 6.45) is -1.10. The molecule has 4 unspecified atom stereocenters. The van der Waals surface area contributed by atoms with Crippen LogP contribution in [0.15, 0.2) is 139 Å². The summed E-state index contributed by atoms with van der Waals surface area (Å²) in [6, 6.07) is 33.7. The third-order valence-electron chi connectivity index (χ3n) is 19.7. The third-order valence-corrected chi connectivity index (χ3v) is 22.3. The van der Waals surface area contributed by atoms with Crippen LogP contribution in [0.25, 0.3) is 0 Å². The number of aliphatic hydroxyl groups excluding tert-OH is 3. The summed E-state index contributed by atoms with van der Waals surface area (Å²) >= 11 is 4.15. The number of carbonyl (C=O) groups is 9. The Labute approximate surface area is 741 Å². The SMILES string of the molecule is Cc1cc(Nc2cc(N3CCN(C(=O)OC(C)C(=O)OC(C)O)CC3)nc(Sc3ccc(NC(=O)C4CC4)cc3)n2)n[nH]1.Cc1cc(Nc2cc(N3CCN(C(=O)OC(C)C(=O)OC(C)O)CC3)nc(Sc3ccc(NC(=O)C4CC4)cc3)n2)n[nH]1.Cc1cc(Nc2cc(N3CCN(C(=O)OCC(=O)OCO)CC3)nc(Sc3ccc(NC(=O)C4CC4)cc3)n2)n[nH]1. The maximum Gasteiger partial charge on any atom is 0.410 e. The van der Waals surface area contributed by atoms with Gasteiger partial charge in [0.05, 0.1) is 0 Å². The molecule has 3 saturated carbocycles. The van der Waals surface area contributed by atoms with Crippen molar-refractivity contribution in [3.8, 4) is 0 Å². The minimum absolute atomic E-state index is 0.0578. The quantitative estimate of drug-likeness (QED) is 0.00863. The van der Waals surface area contributed by atoms with Crippen molar-refractivity contribution in [1.82, 2.24) is 75.2 Å². The van der Waals surface area contributed by atoms with Crippen LogP contribution in [-0.4, -0.2) is 261 Å². The van der Waals surface area contributed by atoms with E-state index >= 15 is 0 Å². The number of anilines is 12. The van der Waals surface area contributed by atoms with Gasteiger partial charge in [0.15, 0.2) is 71.1 Å². The first kappa shape index (κ1) is 91.6. The number of hydrogen-bond donors (Lipinski definition) is 12. The molecule has 3 aliphatic heterocycles. The Morgan fingerprint density at radius 2 is 0.685 bits per heavy atom. The van der Waals surface area contributed by atoms with Crippen molar-refractivity contribution in [2.24, 2.45) is 17.8 Å². The van der Waals surface area contributed by atoms with Crippen molar-refractivity contribution in [2.75, 3.05) is 139 Å². The molecular weight excluding hydrogens is 1710 g/mol. The van der Waals surface area contributed by atoms with Crippen molar-refractivity contribution >= 4 is 159 Å².